The molecule has 0 aliphatic carbocycles. The van der Waals surface area contributed by atoms with Gasteiger partial charge in [-0.15, -0.1) is 0 Å². The number of hydrogen-bond donors (Lipinski definition) is 2. The normalized spacial score (nSPS) is 11.1. The van der Waals surface area contributed by atoms with Gasteiger partial charge in [-0.25, -0.2) is 12.8 Å². The Morgan fingerprint density at radius 3 is 2.37 bits per heavy atom. The Morgan fingerprint density at radius 2 is 1.67 bits per heavy atom. The van der Waals surface area contributed by atoms with Crippen LogP contribution in [0.1, 0.15) is 27.9 Å². The standard InChI is InChI=1S/C23H23FN2O3S/c1-17-9-12-19(16-22(17)26-30(28,29)21-7-3-2-4-8-21)23(27)25-15-5-6-18-10-13-20(24)14-11-18/h2-4,7-14,16,26H,5-6,15H2,1H3,(H,25,27). The lowest BCUT2D eigenvalue weighted by atomic mass is 10.1. The Labute approximate surface area is 176 Å². The number of nitrogens with one attached hydrogen (secondary N) is 2. The minimum Gasteiger partial charge on any atom is -0.352 e. The van der Waals surface area contributed by atoms with Gasteiger partial charge in [0, 0.05) is 12.1 Å². The molecule has 3 aromatic rings. The van der Waals surface area contributed by atoms with E-state index in [1.54, 1.807) is 49.4 Å². The summed E-state index contributed by atoms with van der Waals surface area (Å²) >= 11 is 0. The average molecular weight is 427 g/mol. The highest BCUT2D eigenvalue weighted by Crippen LogP contribution is 2.21. The monoisotopic (exact) mass is 426 g/mol. The molecular formula is C23H23FN2O3S. The van der Waals surface area contributed by atoms with Crippen molar-refractivity contribution < 1.29 is 17.6 Å². The third-order valence-electron chi connectivity index (χ3n) is 4.64. The Morgan fingerprint density at radius 1 is 0.967 bits per heavy atom. The Balaban J connectivity index is 1.61. The minimum atomic E-state index is -3.74. The molecule has 0 unspecified atom stereocenters. The molecule has 0 fully saturated rings. The summed E-state index contributed by atoms with van der Waals surface area (Å²) in [5, 5.41) is 2.83. The van der Waals surface area contributed by atoms with Crippen molar-refractivity contribution >= 4 is 21.6 Å². The molecule has 7 heteroatoms. The van der Waals surface area contributed by atoms with Crippen LogP contribution >= 0.6 is 0 Å². The number of anilines is 1. The first-order valence-electron chi connectivity index (χ1n) is 9.56. The molecule has 0 heterocycles. The second-order valence-electron chi connectivity index (χ2n) is 6.93. The molecule has 0 saturated carbocycles. The number of sulfonamides is 1. The van der Waals surface area contributed by atoms with Gasteiger partial charge in [0.15, 0.2) is 0 Å². The van der Waals surface area contributed by atoms with E-state index >= 15 is 0 Å². The molecule has 0 aromatic heterocycles. The predicted molar refractivity (Wildman–Crippen MR) is 115 cm³/mol. The first-order valence-corrected chi connectivity index (χ1v) is 11.0. The summed E-state index contributed by atoms with van der Waals surface area (Å²) in [4.78, 5) is 12.6. The zero-order valence-electron chi connectivity index (χ0n) is 16.6. The second-order valence-corrected chi connectivity index (χ2v) is 8.62. The van der Waals surface area contributed by atoms with Crippen molar-refractivity contribution in [3.8, 4) is 0 Å². The van der Waals surface area contributed by atoms with Gasteiger partial charge >= 0.3 is 0 Å². The highest BCUT2D eigenvalue weighted by atomic mass is 32.2. The molecule has 3 rings (SSSR count). The molecule has 0 radical (unpaired) electrons. The topological polar surface area (TPSA) is 75.3 Å². The minimum absolute atomic E-state index is 0.153. The molecule has 1 amide bonds. The number of benzene rings is 3. The summed E-state index contributed by atoms with van der Waals surface area (Å²) in [6.45, 7) is 2.22. The zero-order valence-corrected chi connectivity index (χ0v) is 17.4. The van der Waals surface area contributed by atoms with E-state index in [0.29, 0.717) is 29.8 Å². The predicted octanol–water partition coefficient (Wildman–Crippen LogP) is 4.30. The summed E-state index contributed by atoms with van der Waals surface area (Å²) in [5.41, 5.74) is 2.44. The van der Waals surface area contributed by atoms with Gasteiger partial charge in [0.1, 0.15) is 5.82 Å². The summed E-state index contributed by atoms with van der Waals surface area (Å²) in [5.74, 6) is -0.556. The van der Waals surface area contributed by atoms with E-state index in [4.69, 9.17) is 0 Å². The van der Waals surface area contributed by atoms with Crippen LogP contribution in [0.4, 0.5) is 10.1 Å². The van der Waals surface area contributed by atoms with Crippen molar-refractivity contribution in [3.63, 3.8) is 0 Å². The Bertz CT molecular complexity index is 1110. The van der Waals surface area contributed by atoms with Crippen molar-refractivity contribution in [1.82, 2.24) is 5.32 Å². The molecule has 30 heavy (non-hydrogen) atoms. The number of aryl methyl sites for hydroxylation is 2. The van der Waals surface area contributed by atoms with Gasteiger partial charge in [-0.1, -0.05) is 36.4 Å². The lowest BCUT2D eigenvalue weighted by Gasteiger charge is -2.12. The van der Waals surface area contributed by atoms with E-state index < -0.39 is 10.0 Å². The van der Waals surface area contributed by atoms with Gasteiger partial charge in [-0.05, 0) is 67.3 Å². The number of carbonyl (C=O) groups excluding carboxylic acids is 1. The molecule has 0 spiro atoms. The van der Waals surface area contributed by atoms with Crippen LogP contribution in [-0.4, -0.2) is 20.9 Å². The van der Waals surface area contributed by atoms with Crippen molar-refractivity contribution in [2.75, 3.05) is 11.3 Å². The smallest absolute Gasteiger partial charge is 0.261 e. The van der Waals surface area contributed by atoms with E-state index in [1.807, 2.05) is 0 Å². The van der Waals surface area contributed by atoms with Crippen molar-refractivity contribution in [3.05, 3.63) is 95.3 Å². The molecule has 156 valence electrons. The van der Waals surface area contributed by atoms with Gasteiger partial charge in [-0.3, -0.25) is 9.52 Å². The van der Waals surface area contributed by atoms with Gasteiger partial charge < -0.3 is 5.32 Å². The fourth-order valence-electron chi connectivity index (χ4n) is 2.92. The molecule has 2 N–H and O–H groups in total. The first kappa shape index (κ1) is 21.5. The molecule has 0 saturated heterocycles. The van der Waals surface area contributed by atoms with Crippen LogP contribution in [0.2, 0.25) is 0 Å². The van der Waals surface area contributed by atoms with Gasteiger partial charge in [0.25, 0.3) is 15.9 Å². The third kappa shape index (κ3) is 5.67. The molecule has 0 aliphatic heterocycles. The van der Waals surface area contributed by atoms with Crippen LogP contribution in [-0.2, 0) is 16.4 Å². The van der Waals surface area contributed by atoms with E-state index in [2.05, 4.69) is 10.0 Å². The van der Waals surface area contributed by atoms with E-state index in [0.717, 1.165) is 12.0 Å². The van der Waals surface area contributed by atoms with Crippen LogP contribution in [0.5, 0.6) is 0 Å². The van der Waals surface area contributed by atoms with Crippen LogP contribution in [0.3, 0.4) is 0 Å². The van der Waals surface area contributed by atoms with Gasteiger partial charge in [0.2, 0.25) is 0 Å². The number of rotatable bonds is 8. The summed E-state index contributed by atoms with van der Waals surface area (Å²) in [7, 11) is -3.74. The summed E-state index contributed by atoms with van der Waals surface area (Å²) < 4.78 is 40.6. The van der Waals surface area contributed by atoms with Gasteiger partial charge in [0.05, 0.1) is 10.6 Å². The maximum atomic E-state index is 12.9. The van der Waals surface area contributed by atoms with E-state index in [-0.39, 0.29) is 16.6 Å². The molecule has 0 aliphatic rings. The lowest BCUT2D eigenvalue weighted by Crippen LogP contribution is -2.25. The quantitative estimate of drug-likeness (QED) is 0.528. The molecule has 5 nitrogen and oxygen atoms in total. The zero-order chi connectivity index (χ0) is 21.6. The second kappa shape index (κ2) is 9.54. The SMILES string of the molecule is Cc1ccc(C(=O)NCCCc2ccc(F)cc2)cc1NS(=O)(=O)c1ccccc1. The Kier molecular flexibility index (Phi) is 6.84. The van der Waals surface area contributed by atoms with Crippen molar-refractivity contribution in [2.24, 2.45) is 0 Å². The average Bonchev–Trinajstić information content (AvgIpc) is 2.74. The van der Waals surface area contributed by atoms with E-state index in [1.165, 1.54) is 30.3 Å². The summed E-state index contributed by atoms with van der Waals surface area (Å²) in [6.07, 6.45) is 1.42. The number of halogens is 1. The maximum Gasteiger partial charge on any atom is 0.261 e. The van der Waals surface area contributed by atoms with Crippen molar-refractivity contribution in [2.45, 2.75) is 24.7 Å². The fourth-order valence-corrected chi connectivity index (χ4v) is 4.07. The molecule has 0 bridgehead atoms. The third-order valence-corrected chi connectivity index (χ3v) is 6.02. The van der Waals surface area contributed by atoms with Crippen LogP contribution < -0.4 is 10.0 Å². The van der Waals surface area contributed by atoms with Crippen LogP contribution in [0, 0.1) is 12.7 Å². The summed E-state index contributed by atoms with van der Waals surface area (Å²) in [6, 6.07) is 19.2. The molecule has 0 atom stereocenters. The van der Waals surface area contributed by atoms with Crippen LogP contribution in [0.15, 0.2) is 77.7 Å². The maximum absolute atomic E-state index is 12.9. The fraction of sp³-hybridized carbons (Fsp3) is 0.174. The van der Waals surface area contributed by atoms with Crippen molar-refractivity contribution in [1.29, 1.82) is 0 Å². The van der Waals surface area contributed by atoms with Gasteiger partial charge in [-0.2, -0.15) is 0 Å². The number of hydrogen-bond acceptors (Lipinski definition) is 3. The molecule has 3 aromatic carbocycles. The number of amides is 1. The van der Waals surface area contributed by atoms with Crippen LogP contribution in [0.25, 0.3) is 0 Å². The highest BCUT2D eigenvalue weighted by molar-refractivity contribution is 7.92. The lowest BCUT2D eigenvalue weighted by molar-refractivity contribution is 0.0953. The Hall–Kier alpha value is -3.19. The number of carbonyl (C=O) groups is 1. The first-order chi connectivity index (χ1) is 14.3. The van der Waals surface area contributed by atoms with E-state index in [9.17, 15) is 17.6 Å². The highest BCUT2D eigenvalue weighted by Gasteiger charge is 2.16. The largest absolute Gasteiger partial charge is 0.352 e. The molecular weight excluding hydrogens is 403 g/mol.